The molecule has 2 rings (SSSR count). The third kappa shape index (κ3) is 2.20. The third-order valence-electron chi connectivity index (χ3n) is 3.80. The van der Waals surface area contributed by atoms with E-state index in [0.29, 0.717) is 18.6 Å². The Bertz CT molecular complexity index is 287. The highest BCUT2D eigenvalue weighted by molar-refractivity contribution is 5.82. The molecular weight excluding hydrogens is 208 g/mol. The lowest BCUT2D eigenvalue weighted by Gasteiger charge is -2.39. The maximum atomic E-state index is 11.8. The second-order valence-electron chi connectivity index (χ2n) is 4.67. The molecule has 0 aromatic carbocycles. The Labute approximate surface area is 95.3 Å². The van der Waals surface area contributed by atoms with Crippen LogP contribution < -0.4 is 0 Å². The molecule has 0 aromatic heterocycles. The van der Waals surface area contributed by atoms with E-state index in [2.05, 4.69) is 4.74 Å². The van der Waals surface area contributed by atoms with Crippen LogP contribution in [0.1, 0.15) is 38.5 Å². The summed E-state index contributed by atoms with van der Waals surface area (Å²) in [5.74, 6) is 0.709. The van der Waals surface area contributed by atoms with E-state index in [4.69, 9.17) is 4.74 Å². The smallest absolute Gasteiger partial charge is 0.438 e. The summed E-state index contributed by atoms with van der Waals surface area (Å²) < 4.78 is 9.76. The van der Waals surface area contributed by atoms with Crippen LogP contribution in [0.15, 0.2) is 0 Å². The van der Waals surface area contributed by atoms with Crippen molar-refractivity contribution in [2.24, 2.45) is 11.8 Å². The van der Waals surface area contributed by atoms with E-state index in [0.717, 1.165) is 25.7 Å². The first kappa shape index (κ1) is 11.4. The lowest BCUT2D eigenvalue weighted by molar-refractivity contribution is -0.134. The fourth-order valence-corrected chi connectivity index (χ4v) is 3.01. The summed E-state index contributed by atoms with van der Waals surface area (Å²) >= 11 is 0. The molecular formula is C12H18O4. The summed E-state index contributed by atoms with van der Waals surface area (Å²) in [7, 11) is 1.31. The maximum Gasteiger partial charge on any atom is 0.508 e. The molecule has 2 aliphatic carbocycles. The van der Waals surface area contributed by atoms with Gasteiger partial charge < -0.3 is 9.47 Å². The van der Waals surface area contributed by atoms with Crippen LogP contribution in [0, 0.1) is 11.8 Å². The van der Waals surface area contributed by atoms with Gasteiger partial charge in [0.05, 0.1) is 7.11 Å². The maximum absolute atomic E-state index is 11.8. The molecule has 3 atom stereocenters. The second-order valence-corrected chi connectivity index (χ2v) is 4.67. The molecule has 0 radical (unpaired) electrons. The predicted molar refractivity (Wildman–Crippen MR) is 57.0 cm³/mol. The summed E-state index contributed by atoms with van der Waals surface area (Å²) in [5, 5.41) is 0. The fourth-order valence-electron chi connectivity index (χ4n) is 3.01. The van der Waals surface area contributed by atoms with Crippen LogP contribution in [-0.2, 0) is 14.3 Å². The van der Waals surface area contributed by atoms with Gasteiger partial charge in [-0.1, -0.05) is 12.8 Å². The molecule has 0 amide bonds. The predicted octanol–water partition coefficient (Wildman–Crippen LogP) is 2.31. The average Bonchev–Trinajstić information content (AvgIpc) is 2.33. The van der Waals surface area contributed by atoms with E-state index in [1.165, 1.54) is 7.11 Å². The van der Waals surface area contributed by atoms with Crippen LogP contribution >= 0.6 is 0 Å². The van der Waals surface area contributed by atoms with Gasteiger partial charge in [0.1, 0.15) is 11.9 Å². The number of rotatable bonds is 1. The molecule has 0 heterocycles. The second kappa shape index (κ2) is 4.85. The Morgan fingerprint density at radius 2 is 2.00 bits per heavy atom. The lowest BCUT2D eigenvalue weighted by Crippen LogP contribution is -2.42. The molecule has 2 fully saturated rings. The number of carbonyl (C=O) groups is 2. The Hall–Kier alpha value is -1.06. The topological polar surface area (TPSA) is 52.6 Å². The standard InChI is InChI=1S/C12H18O4/c1-15-12(14)16-11-7-6-10(13)8-4-2-3-5-9(8)11/h8-9,11H,2-7H2,1H3/t8-,9-,11+/m0/s1. The van der Waals surface area contributed by atoms with Crippen LogP contribution in [0.5, 0.6) is 0 Å². The molecule has 16 heavy (non-hydrogen) atoms. The molecule has 0 aromatic rings. The number of ether oxygens (including phenoxy) is 2. The van der Waals surface area contributed by atoms with E-state index in [9.17, 15) is 9.59 Å². The highest BCUT2D eigenvalue weighted by atomic mass is 16.7. The molecule has 2 aliphatic rings. The molecule has 4 nitrogen and oxygen atoms in total. The van der Waals surface area contributed by atoms with E-state index in [1.54, 1.807) is 0 Å². The van der Waals surface area contributed by atoms with Crippen LogP contribution in [0.4, 0.5) is 4.79 Å². The van der Waals surface area contributed by atoms with Crippen LogP contribution in [-0.4, -0.2) is 25.2 Å². The largest absolute Gasteiger partial charge is 0.508 e. The van der Waals surface area contributed by atoms with Gasteiger partial charge in [-0.2, -0.15) is 0 Å². The molecule has 0 unspecified atom stereocenters. The zero-order valence-corrected chi connectivity index (χ0v) is 9.61. The van der Waals surface area contributed by atoms with Gasteiger partial charge in [0.15, 0.2) is 0 Å². The van der Waals surface area contributed by atoms with Gasteiger partial charge in [0, 0.05) is 18.3 Å². The Kier molecular flexibility index (Phi) is 3.46. The quantitative estimate of drug-likeness (QED) is 0.644. The first-order valence-corrected chi connectivity index (χ1v) is 5.99. The number of hydrogen-bond acceptors (Lipinski definition) is 4. The number of fused-ring (bicyclic) bond motifs is 1. The van der Waals surface area contributed by atoms with Crippen LogP contribution in [0.2, 0.25) is 0 Å². The summed E-state index contributed by atoms with van der Waals surface area (Å²) in [6, 6.07) is 0. The summed E-state index contributed by atoms with van der Waals surface area (Å²) in [6.45, 7) is 0. The van der Waals surface area contributed by atoms with Crippen molar-refractivity contribution < 1.29 is 19.1 Å². The van der Waals surface area contributed by atoms with Crippen molar-refractivity contribution in [3.8, 4) is 0 Å². The first-order chi connectivity index (χ1) is 7.72. The SMILES string of the molecule is COC(=O)O[C@@H]1CCC(=O)[C@H]2CCCC[C@@H]21. The molecule has 90 valence electrons. The minimum atomic E-state index is -0.622. The first-order valence-electron chi connectivity index (χ1n) is 5.99. The molecule has 0 saturated heterocycles. The van der Waals surface area contributed by atoms with E-state index in [-0.39, 0.29) is 17.9 Å². The third-order valence-corrected chi connectivity index (χ3v) is 3.80. The van der Waals surface area contributed by atoms with Crippen molar-refractivity contribution in [1.82, 2.24) is 0 Å². The normalized spacial score (nSPS) is 34.1. The Morgan fingerprint density at radius 3 is 2.75 bits per heavy atom. The highest BCUT2D eigenvalue weighted by Crippen LogP contribution is 2.40. The average molecular weight is 226 g/mol. The number of methoxy groups -OCH3 is 1. The van der Waals surface area contributed by atoms with Crippen LogP contribution in [0.25, 0.3) is 0 Å². The number of carbonyl (C=O) groups excluding carboxylic acids is 2. The van der Waals surface area contributed by atoms with Gasteiger partial charge in [0.2, 0.25) is 0 Å². The van der Waals surface area contributed by atoms with Crippen molar-refractivity contribution in [3.63, 3.8) is 0 Å². The van der Waals surface area contributed by atoms with Crippen molar-refractivity contribution in [1.29, 1.82) is 0 Å². The number of Topliss-reactive ketones (excluding diaryl/α,β-unsaturated/α-hetero) is 1. The lowest BCUT2D eigenvalue weighted by atomic mass is 9.69. The summed E-state index contributed by atoms with van der Waals surface area (Å²) in [4.78, 5) is 22.9. The minimum absolute atomic E-state index is 0.115. The van der Waals surface area contributed by atoms with Gasteiger partial charge in [-0.25, -0.2) is 4.79 Å². The van der Waals surface area contributed by atoms with E-state index >= 15 is 0 Å². The summed E-state index contributed by atoms with van der Waals surface area (Å²) in [5.41, 5.74) is 0. The molecule has 2 saturated carbocycles. The molecule has 0 N–H and O–H groups in total. The summed E-state index contributed by atoms with van der Waals surface area (Å²) in [6.07, 6.45) is 4.69. The van der Waals surface area contributed by atoms with E-state index in [1.807, 2.05) is 0 Å². The van der Waals surface area contributed by atoms with Gasteiger partial charge in [-0.05, 0) is 19.3 Å². The Balaban J connectivity index is 2.02. The zero-order chi connectivity index (χ0) is 11.5. The van der Waals surface area contributed by atoms with Crippen molar-refractivity contribution in [2.75, 3.05) is 7.11 Å². The van der Waals surface area contributed by atoms with Crippen molar-refractivity contribution in [3.05, 3.63) is 0 Å². The van der Waals surface area contributed by atoms with Crippen LogP contribution in [0.3, 0.4) is 0 Å². The fraction of sp³-hybridized carbons (Fsp3) is 0.833. The molecule has 0 spiro atoms. The van der Waals surface area contributed by atoms with E-state index < -0.39 is 6.16 Å². The molecule has 0 bridgehead atoms. The van der Waals surface area contributed by atoms with Gasteiger partial charge in [-0.15, -0.1) is 0 Å². The Morgan fingerprint density at radius 1 is 1.25 bits per heavy atom. The van der Waals surface area contributed by atoms with Gasteiger partial charge in [0.25, 0.3) is 0 Å². The highest BCUT2D eigenvalue weighted by Gasteiger charge is 2.41. The van der Waals surface area contributed by atoms with Gasteiger partial charge in [-0.3, -0.25) is 4.79 Å². The zero-order valence-electron chi connectivity index (χ0n) is 9.61. The number of ketones is 1. The molecule has 4 heteroatoms. The van der Waals surface area contributed by atoms with Crippen molar-refractivity contribution in [2.45, 2.75) is 44.6 Å². The monoisotopic (exact) mass is 226 g/mol. The molecule has 0 aliphatic heterocycles. The number of hydrogen-bond donors (Lipinski definition) is 0. The minimum Gasteiger partial charge on any atom is -0.438 e. The van der Waals surface area contributed by atoms with Crippen molar-refractivity contribution >= 4 is 11.9 Å². The van der Waals surface area contributed by atoms with Gasteiger partial charge >= 0.3 is 6.16 Å².